The average Bonchev–Trinajstić information content (AvgIpc) is 3.11. The maximum absolute atomic E-state index is 5.72. The lowest BCUT2D eigenvalue weighted by Crippen LogP contribution is -2.32. The van der Waals surface area contributed by atoms with Gasteiger partial charge in [-0.15, -0.1) is 10.2 Å². The average molecular weight is 258 g/mol. The Morgan fingerprint density at radius 2 is 2.16 bits per heavy atom. The van der Waals surface area contributed by atoms with Gasteiger partial charge in [-0.05, 0) is 32.1 Å². The molecule has 0 saturated carbocycles. The molecule has 0 amide bonds. The van der Waals surface area contributed by atoms with E-state index in [1.54, 1.807) is 0 Å². The fourth-order valence-corrected chi connectivity index (χ4v) is 2.37. The quantitative estimate of drug-likeness (QED) is 0.901. The molecule has 1 saturated heterocycles. The summed E-state index contributed by atoms with van der Waals surface area (Å²) in [6, 6.07) is 10.4. The van der Waals surface area contributed by atoms with Gasteiger partial charge in [0.1, 0.15) is 0 Å². The van der Waals surface area contributed by atoms with Gasteiger partial charge in [0, 0.05) is 18.2 Å². The summed E-state index contributed by atoms with van der Waals surface area (Å²) >= 11 is 0. The van der Waals surface area contributed by atoms with Crippen LogP contribution < -0.4 is 5.32 Å². The van der Waals surface area contributed by atoms with Crippen LogP contribution in [0.4, 0.5) is 0 Å². The van der Waals surface area contributed by atoms with Gasteiger partial charge in [0.25, 0.3) is 0 Å². The minimum atomic E-state index is 0.562. The SMILES string of the molecule is CN(Cc1nnc(-c2ccccc2)o1)C1CCNC1. The van der Waals surface area contributed by atoms with Crippen molar-refractivity contribution in [2.24, 2.45) is 0 Å². The molecule has 100 valence electrons. The molecule has 1 aliphatic heterocycles. The van der Waals surface area contributed by atoms with E-state index >= 15 is 0 Å². The molecule has 1 N–H and O–H groups in total. The lowest BCUT2D eigenvalue weighted by molar-refractivity contribution is 0.226. The number of nitrogens with one attached hydrogen (secondary N) is 1. The number of rotatable bonds is 4. The van der Waals surface area contributed by atoms with Crippen molar-refractivity contribution >= 4 is 0 Å². The van der Waals surface area contributed by atoms with Gasteiger partial charge in [-0.25, -0.2) is 0 Å². The zero-order valence-electron chi connectivity index (χ0n) is 11.0. The van der Waals surface area contributed by atoms with Gasteiger partial charge in [-0.1, -0.05) is 18.2 Å². The Labute approximate surface area is 112 Å². The summed E-state index contributed by atoms with van der Waals surface area (Å²) in [5.41, 5.74) is 0.964. The summed E-state index contributed by atoms with van der Waals surface area (Å²) in [6.07, 6.45) is 1.18. The van der Waals surface area contributed by atoms with Crippen LogP contribution in [0.5, 0.6) is 0 Å². The second kappa shape index (κ2) is 5.50. The first kappa shape index (κ1) is 12.3. The normalized spacial score (nSPS) is 19.2. The van der Waals surface area contributed by atoms with E-state index in [1.165, 1.54) is 6.42 Å². The lowest BCUT2D eigenvalue weighted by Gasteiger charge is -2.21. The van der Waals surface area contributed by atoms with Crippen LogP contribution in [0.2, 0.25) is 0 Å². The minimum absolute atomic E-state index is 0.562. The highest BCUT2D eigenvalue weighted by molar-refractivity contribution is 5.51. The number of hydrogen-bond acceptors (Lipinski definition) is 5. The largest absolute Gasteiger partial charge is 0.419 e. The fourth-order valence-electron chi connectivity index (χ4n) is 2.37. The first-order chi connectivity index (χ1) is 9.33. The number of likely N-dealkylation sites (N-methyl/N-ethyl adjacent to an activating group) is 1. The summed E-state index contributed by atoms with van der Waals surface area (Å²) in [6.45, 7) is 2.83. The summed E-state index contributed by atoms with van der Waals surface area (Å²) in [5.74, 6) is 1.27. The molecule has 0 spiro atoms. The molecular formula is C14H18N4O. The third-order valence-electron chi connectivity index (χ3n) is 3.53. The Balaban J connectivity index is 1.68. The third-order valence-corrected chi connectivity index (χ3v) is 3.53. The first-order valence-corrected chi connectivity index (χ1v) is 6.61. The van der Waals surface area contributed by atoms with Gasteiger partial charge in [0.15, 0.2) is 0 Å². The standard InChI is InChI=1S/C14H18N4O/c1-18(12-7-8-15-9-12)10-13-16-17-14(19-13)11-5-3-2-4-6-11/h2-6,12,15H,7-10H2,1H3. The molecule has 2 aromatic rings. The fraction of sp³-hybridized carbons (Fsp3) is 0.429. The first-order valence-electron chi connectivity index (χ1n) is 6.61. The molecule has 0 bridgehead atoms. The number of nitrogens with zero attached hydrogens (tertiary/aromatic N) is 3. The van der Waals surface area contributed by atoms with Crippen molar-refractivity contribution in [3.05, 3.63) is 36.2 Å². The van der Waals surface area contributed by atoms with E-state index in [-0.39, 0.29) is 0 Å². The van der Waals surface area contributed by atoms with Crippen molar-refractivity contribution in [2.75, 3.05) is 20.1 Å². The van der Waals surface area contributed by atoms with E-state index in [4.69, 9.17) is 4.42 Å². The molecule has 1 unspecified atom stereocenters. The van der Waals surface area contributed by atoms with Crippen LogP contribution in [0.25, 0.3) is 11.5 Å². The van der Waals surface area contributed by atoms with Crippen molar-refractivity contribution < 1.29 is 4.42 Å². The smallest absolute Gasteiger partial charge is 0.247 e. The van der Waals surface area contributed by atoms with E-state index in [2.05, 4.69) is 27.5 Å². The van der Waals surface area contributed by atoms with Crippen molar-refractivity contribution in [1.29, 1.82) is 0 Å². The van der Waals surface area contributed by atoms with Gasteiger partial charge in [0.2, 0.25) is 11.8 Å². The van der Waals surface area contributed by atoms with Crippen molar-refractivity contribution in [3.8, 4) is 11.5 Å². The molecule has 0 aliphatic carbocycles. The highest BCUT2D eigenvalue weighted by Crippen LogP contribution is 2.18. The Hall–Kier alpha value is -1.72. The molecule has 0 radical (unpaired) electrons. The summed E-state index contributed by atoms with van der Waals surface area (Å²) in [4.78, 5) is 2.27. The van der Waals surface area contributed by atoms with Crippen LogP contribution in [0.1, 0.15) is 12.3 Å². The topological polar surface area (TPSA) is 54.2 Å². The van der Waals surface area contributed by atoms with Gasteiger partial charge in [-0.2, -0.15) is 0 Å². The molecule has 2 heterocycles. The molecule has 1 aliphatic rings. The number of aromatic nitrogens is 2. The molecule has 5 heteroatoms. The molecule has 1 aromatic carbocycles. The second-order valence-corrected chi connectivity index (χ2v) is 4.93. The van der Waals surface area contributed by atoms with E-state index in [1.807, 2.05) is 30.3 Å². The van der Waals surface area contributed by atoms with Gasteiger partial charge < -0.3 is 9.73 Å². The number of benzene rings is 1. The van der Waals surface area contributed by atoms with Gasteiger partial charge >= 0.3 is 0 Å². The Kier molecular flexibility index (Phi) is 3.57. The molecule has 3 rings (SSSR count). The van der Waals surface area contributed by atoms with E-state index < -0.39 is 0 Å². The predicted molar refractivity (Wildman–Crippen MR) is 72.5 cm³/mol. The monoisotopic (exact) mass is 258 g/mol. The van der Waals surface area contributed by atoms with E-state index in [0.717, 1.165) is 18.7 Å². The summed E-state index contributed by atoms with van der Waals surface area (Å²) in [7, 11) is 2.10. The third kappa shape index (κ3) is 2.83. The predicted octanol–water partition coefficient (Wildman–Crippen LogP) is 1.53. The minimum Gasteiger partial charge on any atom is -0.419 e. The van der Waals surface area contributed by atoms with Crippen molar-refractivity contribution in [3.63, 3.8) is 0 Å². The zero-order chi connectivity index (χ0) is 13.1. The molecular weight excluding hydrogens is 240 g/mol. The van der Waals surface area contributed by atoms with E-state index in [9.17, 15) is 0 Å². The Bertz CT molecular complexity index is 519. The van der Waals surface area contributed by atoms with Crippen LogP contribution in [0, 0.1) is 0 Å². The van der Waals surface area contributed by atoms with Crippen LogP contribution >= 0.6 is 0 Å². The van der Waals surface area contributed by atoms with Crippen molar-refractivity contribution in [2.45, 2.75) is 19.0 Å². The Morgan fingerprint density at radius 1 is 1.32 bits per heavy atom. The summed E-state index contributed by atoms with van der Waals surface area (Å²) < 4.78 is 5.72. The highest BCUT2D eigenvalue weighted by Gasteiger charge is 2.21. The zero-order valence-corrected chi connectivity index (χ0v) is 11.0. The van der Waals surface area contributed by atoms with Crippen LogP contribution in [0.3, 0.4) is 0 Å². The summed E-state index contributed by atoms with van der Waals surface area (Å²) in [5, 5.41) is 11.6. The van der Waals surface area contributed by atoms with Gasteiger partial charge in [0.05, 0.1) is 6.54 Å². The van der Waals surface area contributed by atoms with Crippen LogP contribution in [-0.2, 0) is 6.54 Å². The number of hydrogen-bond donors (Lipinski definition) is 1. The van der Waals surface area contributed by atoms with Crippen LogP contribution in [0.15, 0.2) is 34.7 Å². The highest BCUT2D eigenvalue weighted by atomic mass is 16.4. The lowest BCUT2D eigenvalue weighted by atomic mass is 10.2. The molecule has 19 heavy (non-hydrogen) atoms. The molecule has 1 fully saturated rings. The second-order valence-electron chi connectivity index (χ2n) is 4.93. The molecule has 5 nitrogen and oxygen atoms in total. The van der Waals surface area contributed by atoms with Crippen LogP contribution in [-0.4, -0.2) is 41.3 Å². The maximum atomic E-state index is 5.72. The maximum Gasteiger partial charge on any atom is 0.247 e. The van der Waals surface area contributed by atoms with Gasteiger partial charge in [-0.3, -0.25) is 4.90 Å². The Morgan fingerprint density at radius 3 is 2.89 bits per heavy atom. The molecule has 1 atom stereocenters. The van der Waals surface area contributed by atoms with Crippen molar-refractivity contribution in [1.82, 2.24) is 20.4 Å². The van der Waals surface area contributed by atoms with E-state index in [0.29, 0.717) is 24.4 Å². The molecule has 1 aromatic heterocycles.